The Kier molecular flexibility index (Phi) is 4.01. The fourth-order valence-electron chi connectivity index (χ4n) is 2.83. The fourth-order valence-corrected chi connectivity index (χ4v) is 3.18. The molecule has 104 valence electrons. The summed E-state index contributed by atoms with van der Waals surface area (Å²) in [7, 11) is 0. The summed E-state index contributed by atoms with van der Waals surface area (Å²) < 4.78 is 0.945. The molecule has 20 heavy (non-hydrogen) atoms. The molecule has 0 saturated heterocycles. The Hall–Kier alpha value is -1.42. The maximum atomic E-state index is 12.3. The van der Waals surface area contributed by atoms with Crippen LogP contribution < -0.4 is 5.32 Å². The second-order valence-corrected chi connectivity index (χ2v) is 6.27. The summed E-state index contributed by atoms with van der Waals surface area (Å²) in [6.07, 6.45) is 7.37. The van der Waals surface area contributed by atoms with E-state index in [9.17, 15) is 4.79 Å². The van der Waals surface area contributed by atoms with Gasteiger partial charge in [-0.1, -0.05) is 31.4 Å². The molecule has 0 radical (unpaired) electrons. The zero-order valence-electron chi connectivity index (χ0n) is 11.2. The highest BCUT2D eigenvalue weighted by Gasteiger charge is 2.21. The van der Waals surface area contributed by atoms with Crippen LogP contribution >= 0.6 is 15.9 Å². The number of hydrogen-bond acceptors (Lipinski definition) is 2. The molecule has 0 atom stereocenters. The predicted molar refractivity (Wildman–Crippen MR) is 84.6 cm³/mol. The number of benzene rings is 1. The lowest BCUT2D eigenvalue weighted by Gasteiger charge is -2.21. The molecule has 1 aromatic heterocycles. The van der Waals surface area contributed by atoms with Crippen LogP contribution in [-0.2, 0) is 4.79 Å². The summed E-state index contributed by atoms with van der Waals surface area (Å²) in [5, 5.41) is 4.09. The summed E-state index contributed by atoms with van der Waals surface area (Å²) in [5.41, 5.74) is 1.66. The number of para-hydroxylation sites is 1. The van der Waals surface area contributed by atoms with E-state index in [-0.39, 0.29) is 11.8 Å². The van der Waals surface area contributed by atoms with Gasteiger partial charge in [0.2, 0.25) is 5.91 Å². The summed E-state index contributed by atoms with van der Waals surface area (Å²) in [5.74, 6) is 0.302. The van der Waals surface area contributed by atoms with Gasteiger partial charge < -0.3 is 5.32 Å². The van der Waals surface area contributed by atoms with Gasteiger partial charge in [0.1, 0.15) is 0 Å². The molecule has 4 heteroatoms. The zero-order chi connectivity index (χ0) is 13.9. The van der Waals surface area contributed by atoms with Crippen LogP contribution in [0, 0.1) is 5.92 Å². The molecule has 1 aliphatic rings. The Bertz CT molecular complexity index is 635. The van der Waals surface area contributed by atoms with Gasteiger partial charge in [0, 0.05) is 22.0 Å². The number of nitrogens with one attached hydrogen (secondary N) is 1. The molecule has 1 fully saturated rings. The van der Waals surface area contributed by atoms with Crippen molar-refractivity contribution in [1.82, 2.24) is 4.98 Å². The number of anilines is 1. The molecule has 3 rings (SSSR count). The van der Waals surface area contributed by atoms with Gasteiger partial charge in [-0.25, -0.2) is 0 Å². The topological polar surface area (TPSA) is 42.0 Å². The third-order valence-corrected chi connectivity index (χ3v) is 4.35. The molecule has 2 aromatic rings. The molecule has 1 amide bonds. The monoisotopic (exact) mass is 332 g/mol. The van der Waals surface area contributed by atoms with Crippen molar-refractivity contribution in [1.29, 1.82) is 0 Å². The largest absolute Gasteiger partial charge is 0.324 e. The van der Waals surface area contributed by atoms with E-state index in [2.05, 4.69) is 26.2 Å². The van der Waals surface area contributed by atoms with Crippen molar-refractivity contribution in [2.45, 2.75) is 32.1 Å². The molecule has 0 spiro atoms. The molecule has 1 saturated carbocycles. The molecule has 1 aliphatic carbocycles. The van der Waals surface area contributed by atoms with E-state index < -0.39 is 0 Å². The molecule has 1 aromatic carbocycles. The second-order valence-electron chi connectivity index (χ2n) is 5.36. The first-order valence-electron chi connectivity index (χ1n) is 7.09. The van der Waals surface area contributed by atoms with E-state index in [0.29, 0.717) is 0 Å². The van der Waals surface area contributed by atoms with Crippen molar-refractivity contribution in [2.24, 2.45) is 5.92 Å². The zero-order valence-corrected chi connectivity index (χ0v) is 12.8. The van der Waals surface area contributed by atoms with Gasteiger partial charge in [-0.15, -0.1) is 0 Å². The minimum atomic E-state index is 0.141. The van der Waals surface area contributed by atoms with Gasteiger partial charge in [-0.05, 0) is 40.9 Å². The third kappa shape index (κ3) is 2.85. The Morgan fingerprint density at radius 3 is 2.85 bits per heavy atom. The fraction of sp³-hybridized carbons (Fsp3) is 0.375. The lowest BCUT2D eigenvalue weighted by Crippen LogP contribution is -2.24. The molecular weight excluding hydrogens is 316 g/mol. The first-order chi connectivity index (χ1) is 9.74. The smallest absolute Gasteiger partial charge is 0.227 e. The summed E-state index contributed by atoms with van der Waals surface area (Å²) in [4.78, 5) is 16.7. The maximum Gasteiger partial charge on any atom is 0.227 e. The van der Waals surface area contributed by atoms with Crippen LogP contribution in [0.4, 0.5) is 5.69 Å². The average molecular weight is 333 g/mol. The highest BCUT2D eigenvalue weighted by molar-refractivity contribution is 9.10. The van der Waals surface area contributed by atoms with Crippen molar-refractivity contribution >= 4 is 38.4 Å². The number of nitrogens with zero attached hydrogens (tertiary/aromatic N) is 1. The molecule has 1 N–H and O–H groups in total. The predicted octanol–water partition coefficient (Wildman–Crippen LogP) is 4.52. The third-order valence-electron chi connectivity index (χ3n) is 3.91. The van der Waals surface area contributed by atoms with E-state index in [1.165, 1.54) is 19.3 Å². The number of carbonyl (C=O) groups excluding carboxylic acids is 1. The van der Waals surface area contributed by atoms with Crippen molar-refractivity contribution in [3.8, 4) is 0 Å². The molecule has 0 unspecified atom stereocenters. The van der Waals surface area contributed by atoms with Crippen molar-refractivity contribution in [2.75, 3.05) is 5.32 Å². The highest BCUT2D eigenvalue weighted by Crippen LogP contribution is 2.27. The highest BCUT2D eigenvalue weighted by atomic mass is 79.9. The Labute approximate surface area is 126 Å². The van der Waals surface area contributed by atoms with E-state index >= 15 is 0 Å². The summed E-state index contributed by atoms with van der Waals surface area (Å²) >= 11 is 3.42. The first kappa shape index (κ1) is 13.6. The minimum Gasteiger partial charge on any atom is -0.324 e. The van der Waals surface area contributed by atoms with Gasteiger partial charge in [0.15, 0.2) is 0 Å². The number of aromatic nitrogens is 1. The standard InChI is InChI=1S/C16H17BrN2O/c17-13-9-12-7-4-8-14(15(12)18-10-13)19-16(20)11-5-2-1-3-6-11/h4,7-11H,1-3,5-6H2,(H,19,20). The molecule has 1 heterocycles. The van der Waals surface area contributed by atoms with Gasteiger partial charge in [0.25, 0.3) is 0 Å². The molecule has 3 nitrogen and oxygen atoms in total. The van der Waals surface area contributed by atoms with Crippen LogP contribution in [0.1, 0.15) is 32.1 Å². The van der Waals surface area contributed by atoms with Crippen molar-refractivity contribution in [3.63, 3.8) is 0 Å². The van der Waals surface area contributed by atoms with Crippen LogP contribution in [0.3, 0.4) is 0 Å². The Balaban J connectivity index is 1.85. The Morgan fingerprint density at radius 2 is 2.05 bits per heavy atom. The van der Waals surface area contributed by atoms with Crippen LogP contribution in [0.25, 0.3) is 10.9 Å². The van der Waals surface area contributed by atoms with Gasteiger partial charge in [-0.3, -0.25) is 9.78 Å². The molecule has 0 aliphatic heterocycles. The normalized spacial score (nSPS) is 16.2. The summed E-state index contributed by atoms with van der Waals surface area (Å²) in [6.45, 7) is 0. The number of hydrogen-bond donors (Lipinski definition) is 1. The lowest BCUT2D eigenvalue weighted by molar-refractivity contribution is -0.120. The van der Waals surface area contributed by atoms with Gasteiger partial charge in [0.05, 0.1) is 11.2 Å². The van der Waals surface area contributed by atoms with Gasteiger partial charge in [-0.2, -0.15) is 0 Å². The quantitative estimate of drug-likeness (QED) is 0.878. The number of rotatable bonds is 2. The Morgan fingerprint density at radius 1 is 1.25 bits per heavy atom. The number of fused-ring (bicyclic) bond motifs is 1. The number of amides is 1. The minimum absolute atomic E-state index is 0.141. The van der Waals surface area contributed by atoms with Crippen molar-refractivity contribution in [3.05, 3.63) is 34.9 Å². The number of halogens is 1. The molecular formula is C16H17BrN2O. The van der Waals surface area contributed by atoms with Gasteiger partial charge >= 0.3 is 0 Å². The molecule has 0 bridgehead atoms. The second kappa shape index (κ2) is 5.92. The lowest BCUT2D eigenvalue weighted by atomic mass is 9.88. The summed E-state index contributed by atoms with van der Waals surface area (Å²) in [6, 6.07) is 7.89. The van der Waals surface area contributed by atoms with E-state index in [1.807, 2.05) is 24.3 Å². The van der Waals surface area contributed by atoms with Crippen LogP contribution in [-0.4, -0.2) is 10.9 Å². The maximum absolute atomic E-state index is 12.3. The average Bonchev–Trinajstić information content (AvgIpc) is 2.48. The first-order valence-corrected chi connectivity index (χ1v) is 7.88. The van der Waals surface area contributed by atoms with Crippen molar-refractivity contribution < 1.29 is 4.79 Å². The number of carbonyl (C=O) groups is 1. The van der Waals surface area contributed by atoms with E-state index in [0.717, 1.165) is 33.9 Å². The van der Waals surface area contributed by atoms with Crippen LogP contribution in [0.2, 0.25) is 0 Å². The van der Waals surface area contributed by atoms with E-state index in [1.54, 1.807) is 6.20 Å². The van der Waals surface area contributed by atoms with Crippen LogP contribution in [0.5, 0.6) is 0 Å². The SMILES string of the molecule is O=C(Nc1cccc2cc(Br)cnc12)C1CCCCC1. The number of pyridine rings is 1. The van der Waals surface area contributed by atoms with Crippen LogP contribution in [0.15, 0.2) is 34.9 Å². The van der Waals surface area contributed by atoms with E-state index in [4.69, 9.17) is 0 Å².